The van der Waals surface area contributed by atoms with Gasteiger partial charge in [0.25, 0.3) is 0 Å². The lowest BCUT2D eigenvalue weighted by Crippen LogP contribution is -2.08. The van der Waals surface area contributed by atoms with E-state index in [0.29, 0.717) is 0 Å². The molecule has 0 aromatic heterocycles. The zero-order valence-electron chi connectivity index (χ0n) is 12.6. The number of aryl methyl sites for hydroxylation is 1. The quantitative estimate of drug-likeness (QED) is 0.791. The van der Waals surface area contributed by atoms with Gasteiger partial charge in [-0.3, -0.25) is 0 Å². The molecule has 0 aliphatic rings. The summed E-state index contributed by atoms with van der Waals surface area (Å²) < 4.78 is 5.26. The monoisotopic (exact) mass is 239 g/mol. The van der Waals surface area contributed by atoms with Gasteiger partial charge in [0, 0.05) is 0 Å². The standard InChI is InChI=1S/C9H12O.C4H11N.C2H6/c1-3-10-9-6-4-8(2)5-7-9;1-4-5(2)3;1-2/h4-7H,3H2,1-2H3;4H2,1-3H3;1-2H3. The summed E-state index contributed by atoms with van der Waals surface area (Å²) in [6, 6.07) is 8.06. The number of nitrogens with zero attached hydrogens (tertiary/aromatic N) is 1. The van der Waals surface area contributed by atoms with Crippen LogP contribution in [0.25, 0.3) is 0 Å². The van der Waals surface area contributed by atoms with Gasteiger partial charge in [-0.25, -0.2) is 0 Å². The molecule has 1 aromatic rings. The molecule has 1 rings (SSSR count). The molecule has 2 nitrogen and oxygen atoms in total. The molecular weight excluding hydrogens is 210 g/mol. The zero-order chi connectivity index (χ0) is 13.7. The summed E-state index contributed by atoms with van der Waals surface area (Å²) in [4.78, 5) is 2.12. The molecule has 0 radical (unpaired) electrons. The number of rotatable bonds is 3. The van der Waals surface area contributed by atoms with Crippen LogP contribution in [0.3, 0.4) is 0 Å². The highest BCUT2D eigenvalue weighted by molar-refractivity contribution is 5.26. The predicted octanol–water partition coefficient (Wildman–Crippen LogP) is 3.99. The zero-order valence-corrected chi connectivity index (χ0v) is 12.6. The van der Waals surface area contributed by atoms with Gasteiger partial charge in [0.15, 0.2) is 0 Å². The number of ether oxygens (including phenoxy) is 1. The van der Waals surface area contributed by atoms with Crippen molar-refractivity contribution in [1.82, 2.24) is 4.90 Å². The van der Waals surface area contributed by atoms with Crippen molar-refractivity contribution in [2.75, 3.05) is 27.2 Å². The predicted molar refractivity (Wildman–Crippen MR) is 77.9 cm³/mol. The minimum Gasteiger partial charge on any atom is -0.494 e. The van der Waals surface area contributed by atoms with E-state index in [4.69, 9.17) is 4.74 Å². The highest BCUT2D eigenvalue weighted by Crippen LogP contribution is 2.10. The molecule has 0 atom stereocenters. The second-order valence-electron chi connectivity index (χ2n) is 3.64. The Kier molecular flexibility index (Phi) is 14.1. The van der Waals surface area contributed by atoms with Crippen LogP contribution in [0.2, 0.25) is 0 Å². The van der Waals surface area contributed by atoms with Crippen LogP contribution in [-0.2, 0) is 0 Å². The van der Waals surface area contributed by atoms with Gasteiger partial charge in [0.2, 0.25) is 0 Å². The van der Waals surface area contributed by atoms with Crippen LogP contribution in [0.15, 0.2) is 24.3 Å². The van der Waals surface area contributed by atoms with Crippen molar-refractivity contribution in [3.05, 3.63) is 29.8 Å². The largest absolute Gasteiger partial charge is 0.494 e. The summed E-state index contributed by atoms with van der Waals surface area (Å²) in [5.41, 5.74) is 1.27. The Labute approximate surface area is 108 Å². The average molecular weight is 239 g/mol. The topological polar surface area (TPSA) is 12.5 Å². The Morgan fingerprint density at radius 1 is 1.00 bits per heavy atom. The number of hydrogen-bond acceptors (Lipinski definition) is 2. The molecule has 1 aromatic carbocycles. The molecule has 0 fully saturated rings. The van der Waals surface area contributed by atoms with Crippen LogP contribution < -0.4 is 4.74 Å². The highest BCUT2D eigenvalue weighted by Gasteiger charge is 1.87. The van der Waals surface area contributed by atoms with E-state index in [1.165, 1.54) is 5.56 Å². The maximum absolute atomic E-state index is 5.26. The Hall–Kier alpha value is -1.02. The molecule has 17 heavy (non-hydrogen) atoms. The third-order valence-corrected chi connectivity index (χ3v) is 1.96. The fourth-order valence-electron chi connectivity index (χ4n) is 0.801. The fraction of sp³-hybridized carbons (Fsp3) is 0.600. The van der Waals surface area contributed by atoms with Gasteiger partial charge in [-0.15, -0.1) is 0 Å². The van der Waals surface area contributed by atoms with Crippen LogP contribution in [0.1, 0.15) is 33.3 Å². The second kappa shape index (κ2) is 13.0. The Morgan fingerprint density at radius 2 is 1.41 bits per heavy atom. The van der Waals surface area contributed by atoms with E-state index >= 15 is 0 Å². The highest BCUT2D eigenvalue weighted by atomic mass is 16.5. The molecule has 100 valence electrons. The first-order valence-electron chi connectivity index (χ1n) is 6.44. The van der Waals surface area contributed by atoms with Crippen LogP contribution in [0.4, 0.5) is 0 Å². The minimum atomic E-state index is 0.739. The van der Waals surface area contributed by atoms with Crippen molar-refractivity contribution in [2.45, 2.75) is 34.6 Å². The van der Waals surface area contributed by atoms with Crippen molar-refractivity contribution < 1.29 is 4.74 Å². The molecule has 0 spiro atoms. The van der Waals surface area contributed by atoms with Gasteiger partial charge in [-0.05, 0) is 46.6 Å². The lowest BCUT2D eigenvalue weighted by Gasteiger charge is -2.01. The maximum Gasteiger partial charge on any atom is 0.119 e. The molecule has 0 saturated carbocycles. The molecular formula is C15H29NO. The number of hydrogen-bond donors (Lipinski definition) is 0. The molecule has 0 bridgehead atoms. The Morgan fingerprint density at radius 3 is 1.71 bits per heavy atom. The second-order valence-corrected chi connectivity index (χ2v) is 3.64. The lowest BCUT2D eigenvalue weighted by molar-refractivity contribution is 0.340. The van der Waals surface area contributed by atoms with Gasteiger partial charge >= 0.3 is 0 Å². The van der Waals surface area contributed by atoms with Gasteiger partial charge in [0.05, 0.1) is 6.61 Å². The van der Waals surface area contributed by atoms with Crippen molar-refractivity contribution in [2.24, 2.45) is 0 Å². The molecule has 0 saturated heterocycles. The van der Waals surface area contributed by atoms with Crippen LogP contribution in [0.5, 0.6) is 5.75 Å². The van der Waals surface area contributed by atoms with Crippen molar-refractivity contribution in [3.8, 4) is 5.75 Å². The lowest BCUT2D eigenvalue weighted by atomic mass is 10.2. The summed E-state index contributed by atoms with van der Waals surface area (Å²) in [7, 11) is 4.11. The molecule has 0 amide bonds. The molecule has 0 unspecified atom stereocenters. The van der Waals surface area contributed by atoms with E-state index in [9.17, 15) is 0 Å². The SMILES string of the molecule is CC.CCN(C)C.CCOc1ccc(C)cc1. The van der Waals surface area contributed by atoms with Crippen LogP contribution in [-0.4, -0.2) is 32.1 Å². The normalized spacial score (nSPS) is 8.71. The van der Waals surface area contributed by atoms with Gasteiger partial charge in [0.1, 0.15) is 5.75 Å². The van der Waals surface area contributed by atoms with Gasteiger partial charge < -0.3 is 9.64 Å². The number of benzene rings is 1. The molecule has 0 aliphatic heterocycles. The smallest absolute Gasteiger partial charge is 0.119 e. The van der Waals surface area contributed by atoms with E-state index in [0.717, 1.165) is 18.9 Å². The van der Waals surface area contributed by atoms with Gasteiger partial charge in [-0.2, -0.15) is 0 Å². The molecule has 0 aliphatic carbocycles. The van der Waals surface area contributed by atoms with E-state index in [1.807, 2.05) is 45.0 Å². The Balaban J connectivity index is 0. The minimum absolute atomic E-state index is 0.739. The first-order chi connectivity index (χ1) is 8.10. The summed E-state index contributed by atoms with van der Waals surface area (Å²) >= 11 is 0. The van der Waals surface area contributed by atoms with E-state index in [2.05, 4.69) is 32.8 Å². The Bertz CT molecular complexity index is 242. The summed E-state index contributed by atoms with van der Waals surface area (Å²) in [6.45, 7) is 12.1. The fourth-order valence-corrected chi connectivity index (χ4v) is 0.801. The van der Waals surface area contributed by atoms with Crippen LogP contribution >= 0.6 is 0 Å². The first-order valence-corrected chi connectivity index (χ1v) is 6.44. The summed E-state index contributed by atoms with van der Waals surface area (Å²) in [5.74, 6) is 0.952. The third-order valence-electron chi connectivity index (χ3n) is 1.96. The first kappa shape index (κ1) is 18.3. The maximum atomic E-state index is 5.26. The van der Waals surface area contributed by atoms with E-state index < -0.39 is 0 Å². The van der Waals surface area contributed by atoms with E-state index in [-0.39, 0.29) is 0 Å². The van der Waals surface area contributed by atoms with E-state index in [1.54, 1.807) is 0 Å². The van der Waals surface area contributed by atoms with Crippen LogP contribution in [0, 0.1) is 6.92 Å². The van der Waals surface area contributed by atoms with Gasteiger partial charge in [-0.1, -0.05) is 38.5 Å². The summed E-state index contributed by atoms with van der Waals surface area (Å²) in [5, 5.41) is 0. The van der Waals surface area contributed by atoms with Crippen molar-refractivity contribution in [3.63, 3.8) is 0 Å². The molecule has 0 heterocycles. The third kappa shape index (κ3) is 12.9. The summed E-state index contributed by atoms with van der Waals surface area (Å²) in [6.07, 6.45) is 0. The van der Waals surface area contributed by atoms with Crippen molar-refractivity contribution in [1.29, 1.82) is 0 Å². The average Bonchev–Trinajstić information content (AvgIpc) is 2.36. The van der Waals surface area contributed by atoms with Crippen molar-refractivity contribution >= 4 is 0 Å². The molecule has 2 heteroatoms. The molecule has 0 N–H and O–H groups in total.